The summed E-state index contributed by atoms with van der Waals surface area (Å²) in [5, 5.41) is 10.9. The molecule has 0 saturated carbocycles. The predicted molar refractivity (Wildman–Crippen MR) is 58.1 cm³/mol. The molecule has 0 aromatic heterocycles. The van der Waals surface area contributed by atoms with Crippen LogP contribution in [0.3, 0.4) is 0 Å². The van der Waals surface area contributed by atoms with Crippen LogP contribution < -0.4 is 5.32 Å². The van der Waals surface area contributed by atoms with Gasteiger partial charge in [-0.1, -0.05) is 6.92 Å². The number of alkyl halides is 3. The number of carbonyl (C=O) groups excluding carboxylic acids is 1. The second-order valence-corrected chi connectivity index (χ2v) is 4.04. The van der Waals surface area contributed by atoms with Gasteiger partial charge in [-0.05, 0) is 13.3 Å². The van der Waals surface area contributed by atoms with Crippen LogP contribution in [0.1, 0.15) is 26.7 Å². The molecular weight excluding hydrogens is 253 g/mol. The molecule has 0 aliphatic heterocycles. The first-order chi connectivity index (χ1) is 8.08. The third kappa shape index (κ3) is 5.74. The lowest BCUT2D eigenvalue weighted by molar-refractivity contribution is -0.142. The molecule has 8 heteroatoms. The zero-order chi connectivity index (χ0) is 14.5. The van der Waals surface area contributed by atoms with E-state index in [-0.39, 0.29) is 6.42 Å². The van der Waals surface area contributed by atoms with Gasteiger partial charge in [-0.2, -0.15) is 13.2 Å². The van der Waals surface area contributed by atoms with Crippen molar-refractivity contribution in [1.29, 1.82) is 0 Å². The summed E-state index contributed by atoms with van der Waals surface area (Å²) < 4.78 is 36.2. The summed E-state index contributed by atoms with van der Waals surface area (Å²) in [5.41, 5.74) is 0. The molecule has 0 aromatic rings. The zero-order valence-corrected chi connectivity index (χ0v) is 10.4. The minimum Gasteiger partial charge on any atom is -0.480 e. The van der Waals surface area contributed by atoms with Crippen LogP contribution in [0.4, 0.5) is 18.0 Å². The van der Waals surface area contributed by atoms with E-state index in [2.05, 4.69) is 5.32 Å². The number of urea groups is 1. The molecule has 0 fully saturated rings. The van der Waals surface area contributed by atoms with E-state index in [0.29, 0.717) is 0 Å². The van der Waals surface area contributed by atoms with Crippen molar-refractivity contribution in [2.75, 3.05) is 7.05 Å². The number of carboxylic acids is 1. The van der Waals surface area contributed by atoms with Crippen molar-refractivity contribution in [2.24, 2.45) is 0 Å². The fraction of sp³-hybridized carbons (Fsp3) is 0.800. The molecule has 2 atom stereocenters. The number of hydrogen-bond donors (Lipinski definition) is 2. The van der Waals surface area contributed by atoms with Gasteiger partial charge >= 0.3 is 18.2 Å². The molecule has 0 bridgehead atoms. The molecule has 0 heterocycles. The minimum atomic E-state index is -4.37. The molecule has 0 aromatic carbocycles. The van der Waals surface area contributed by atoms with E-state index < -0.39 is 36.7 Å². The number of aliphatic carboxylic acids is 1. The lowest BCUT2D eigenvalue weighted by atomic mass is 10.2. The Kier molecular flexibility index (Phi) is 5.93. The largest absolute Gasteiger partial charge is 0.480 e. The number of nitrogens with one attached hydrogen (secondary N) is 1. The average Bonchev–Trinajstić information content (AvgIpc) is 2.14. The van der Waals surface area contributed by atoms with Crippen LogP contribution in [0.5, 0.6) is 0 Å². The number of halogens is 3. The molecule has 0 aliphatic carbocycles. The number of hydrogen-bond acceptors (Lipinski definition) is 2. The first-order valence-corrected chi connectivity index (χ1v) is 5.41. The summed E-state index contributed by atoms with van der Waals surface area (Å²) in [6, 6.07) is -2.99. The Balaban J connectivity index is 4.44. The summed E-state index contributed by atoms with van der Waals surface area (Å²) in [7, 11) is 1.23. The van der Waals surface area contributed by atoms with Gasteiger partial charge in [0.05, 0.1) is 6.42 Å². The summed E-state index contributed by atoms with van der Waals surface area (Å²) >= 11 is 0. The maximum absolute atomic E-state index is 12.1. The van der Waals surface area contributed by atoms with Crippen molar-refractivity contribution in [1.82, 2.24) is 10.2 Å². The van der Waals surface area contributed by atoms with E-state index >= 15 is 0 Å². The Morgan fingerprint density at radius 1 is 1.39 bits per heavy atom. The van der Waals surface area contributed by atoms with Gasteiger partial charge in [-0.15, -0.1) is 0 Å². The zero-order valence-electron chi connectivity index (χ0n) is 10.4. The van der Waals surface area contributed by atoms with Crippen molar-refractivity contribution < 1.29 is 27.9 Å². The lowest BCUT2D eigenvalue weighted by Crippen LogP contribution is -2.49. The summed E-state index contributed by atoms with van der Waals surface area (Å²) in [6.07, 6.45) is -5.36. The smallest absolute Gasteiger partial charge is 0.391 e. The van der Waals surface area contributed by atoms with Crippen molar-refractivity contribution in [3.63, 3.8) is 0 Å². The standard InChI is InChI=1S/C10H17F3N2O3/c1-4-7(8(16)17)15(3)9(18)14-6(2)5-10(11,12)13/h6-7H,4-5H2,1-3H3,(H,14,18)(H,16,17). The third-order valence-corrected chi connectivity index (χ3v) is 2.37. The van der Waals surface area contributed by atoms with Crippen LogP contribution in [-0.4, -0.2) is 47.3 Å². The van der Waals surface area contributed by atoms with Crippen molar-refractivity contribution in [3.05, 3.63) is 0 Å². The number of carbonyl (C=O) groups is 2. The van der Waals surface area contributed by atoms with Gasteiger partial charge in [0.15, 0.2) is 0 Å². The van der Waals surface area contributed by atoms with E-state index in [1.165, 1.54) is 14.0 Å². The highest BCUT2D eigenvalue weighted by atomic mass is 19.4. The molecular formula is C10H17F3N2O3. The van der Waals surface area contributed by atoms with Crippen LogP contribution in [0.15, 0.2) is 0 Å². The number of carboxylic acid groups (broad SMARTS) is 1. The van der Waals surface area contributed by atoms with Gasteiger partial charge in [0.25, 0.3) is 0 Å². The molecule has 0 spiro atoms. The van der Waals surface area contributed by atoms with Crippen LogP contribution in [0.25, 0.3) is 0 Å². The summed E-state index contributed by atoms with van der Waals surface area (Å²) in [4.78, 5) is 23.2. The number of amides is 2. The first kappa shape index (κ1) is 16.5. The van der Waals surface area contributed by atoms with Crippen molar-refractivity contribution in [3.8, 4) is 0 Å². The topological polar surface area (TPSA) is 69.6 Å². The minimum absolute atomic E-state index is 0.174. The predicted octanol–water partition coefficient (Wildman–Crippen LogP) is 1.83. The second kappa shape index (κ2) is 6.46. The maximum atomic E-state index is 12.1. The SMILES string of the molecule is CCC(C(=O)O)N(C)C(=O)NC(C)CC(F)(F)F. The van der Waals surface area contributed by atoms with E-state index in [0.717, 1.165) is 4.90 Å². The Morgan fingerprint density at radius 2 is 1.89 bits per heavy atom. The van der Waals surface area contributed by atoms with Gasteiger partial charge in [-0.3, -0.25) is 0 Å². The molecule has 0 radical (unpaired) electrons. The summed E-state index contributed by atoms with van der Waals surface area (Å²) in [5.74, 6) is -1.20. The molecule has 5 nitrogen and oxygen atoms in total. The molecule has 18 heavy (non-hydrogen) atoms. The van der Waals surface area contributed by atoms with Crippen molar-refractivity contribution >= 4 is 12.0 Å². The normalized spacial score (nSPS) is 14.8. The van der Waals surface area contributed by atoms with Crippen LogP contribution in [-0.2, 0) is 4.79 Å². The van der Waals surface area contributed by atoms with Crippen LogP contribution in [0, 0.1) is 0 Å². The number of nitrogens with zero attached hydrogens (tertiary/aromatic N) is 1. The Bertz CT molecular complexity index is 307. The molecule has 0 rings (SSSR count). The summed E-state index contributed by atoms with van der Waals surface area (Å²) in [6.45, 7) is 2.78. The van der Waals surface area contributed by atoms with Gasteiger partial charge in [0.1, 0.15) is 6.04 Å². The molecule has 2 N–H and O–H groups in total. The van der Waals surface area contributed by atoms with Crippen molar-refractivity contribution in [2.45, 2.75) is 44.9 Å². The fourth-order valence-corrected chi connectivity index (χ4v) is 1.47. The van der Waals surface area contributed by atoms with Crippen LogP contribution >= 0.6 is 0 Å². The average molecular weight is 270 g/mol. The first-order valence-electron chi connectivity index (χ1n) is 5.41. The lowest BCUT2D eigenvalue weighted by Gasteiger charge is -2.26. The third-order valence-electron chi connectivity index (χ3n) is 2.37. The highest BCUT2D eigenvalue weighted by molar-refractivity contribution is 5.82. The highest BCUT2D eigenvalue weighted by Crippen LogP contribution is 2.21. The molecule has 0 saturated heterocycles. The highest BCUT2D eigenvalue weighted by Gasteiger charge is 2.32. The van der Waals surface area contributed by atoms with Crippen LogP contribution in [0.2, 0.25) is 0 Å². The van der Waals surface area contributed by atoms with E-state index in [4.69, 9.17) is 5.11 Å². The number of likely N-dealkylation sites (N-methyl/N-ethyl adjacent to an activating group) is 1. The Morgan fingerprint density at radius 3 is 2.22 bits per heavy atom. The van der Waals surface area contributed by atoms with E-state index in [1.807, 2.05) is 0 Å². The number of rotatable bonds is 5. The Labute approximate surface area is 103 Å². The Hall–Kier alpha value is -1.47. The second-order valence-electron chi connectivity index (χ2n) is 4.04. The fourth-order valence-electron chi connectivity index (χ4n) is 1.47. The molecule has 2 unspecified atom stereocenters. The van der Waals surface area contributed by atoms with E-state index in [1.54, 1.807) is 6.92 Å². The van der Waals surface area contributed by atoms with Gasteiger partial charge in [-0.25, -0.2) is 9.59 Å². The van der Waals surface area contributed by atoms with E-state index in [9.17, 15) is 22.8 Å². The van der Waals surface area contributed by atoms with Gasteiger partial charge in [0.2, 0.25) is 0 Å². The molecule has 106 valence electrons. The quantitative estimate of drug-likeness (QED) is 0.800. The van der Waals surface area contributed by atoms with Gasteiger partial charge < -0.3 is 15.3 Å². The monoisotopic (exact) mass is 270 g/mol. The molecule has 0 aliphatic rings. The molecule has 2 amide bonds. The van der Waals surface area contributed by atoms with Gasteiger partial charge in [0, 0.05) is 13.1 Å². The maximum Gasteiger partial charge on any atom is 0.391 e.